The van der Waals surface area contributed by atoms with E-state index in [1.165, 1.54) is 0 Å². The summed E-state index contributed by atoms with van der Waals surface area (Å²) in [5.41, 5.74) is 0.971. The van der Waals surface area contributed by atoms with Crippen LogP contribution in [0, 0.1) is 0 Å². The van der Waals surface area contributed by atoms with Crippen molar-refractivity contribution in [1.82, 2.24) is 0 Å². The Morgan fingerprint density at radius 2 is 1.85 bits per heavy atom. The Morgan fingerprint density at radius 3 is 2.55 bits per heavy atom. The molecular weight excluding hydrogens is 292 g/mol. The minimum absolute atomic E-state index is 0.0486. The third-order valence-electron chi connectivity index (χ3n) is 3.31. The van der Waals surface area contributed by atoms with Crippen LogP contribution >= 0.6 is 22.4 Å². The van der Waals surface area contributed by atoms with Crippen molar-refractivity contribution >= 4 is 22.4 Å². The second-order valence-corrected chi connectivity index (χ2v) is 7.98. The highest BCUT2D eigenvalue weighted by Crippen LogP contribution is 2.65. The van der Waals surface area contributed by atoms with E-state index in [0.29, 0.717) is 16.4 Å². The van der Waals surface area contributed by atoms with Crippen LogP contribution in [0.4, 0.5) is 0 Å². The average molecular weight is 308 g/mol. The molecule has 0 spiro atoms. The molecule has 20 heavy (non-hydrogen) atoms. The molecule has 0 radical (unpaired) electrons. The van der Waals surface area contributed by atoms with Gasteiger partial charge in [-0.15, -0.1) is 11.8 Å². The molecule has 5 heteroatoms. The lowest BCUT2D eigenvalue weighted by Gasteiger charge is -2.28. The minimum Gasteiger partial charge on any atom is -0.495 e. The Bertz CT molecular complexity index is 614. The van der Waals surface area contributed by atoms with Gasteiger partial charge in [-0.05, 0) is 23.8 Å². The Hall–Kier alpha value is -1.14. The Morgan fingerprint density at radius 1 is 1.10 bits per heavy atom. The van der Waals surface area contributed by atoms with Crippen molar-refractivity contribution in [3.63, 3.8) is 0 Å². The first-order valence-electron chi connectivity index (χ1n) is 6.26. The van der Waals surface area contributed by atoms with Gasteiger partial charge in [0.05, 0.1) is 18.1 Å². The van der Waals surface area contributed by atoms with Gasteiger partial charge in [0.25, 0.3) is 0 Å². The third kappa shape index (κ3) is 2.42. The lowest BCUT2D eigenvalue weighted by atomic mass is 10.1. The molecule has 1 atom stereocenters. The first kappa shape index (κ1) is 13.8. The molecule has 1 aliphatic rings. The van der Waals surface area contributed by atoms with Gasteiger partial charge in [-0.2, -0.15) is 10.6 Å². The fraction of sp³-hybridized carbons (Fsp3) is 0.200. The number of methoxy groups -OCH3 is 1. The molecule has 0 aromatic heterocycles. The fourth-order valence-corrected chi connectivity index (χ4v) is 6.15. The highest BCUT2D eigenvalue weighted by Gasteiger charge is 2.38. The van der Waals surface area contributed by atoms with Crippen molar-refractivity contribution in [2.45, 2.75) is 15.0 Å². The summed E-state index contributed by atoms with van der Waals surface area (Å²) in [5.74, 6) is 0.918. The van der Waals surface area contributed by atoms with Crippen LogP contribution in [-0.4, -0.2) is 22.0 Å². The van der Waals surface area contributed by atoms with Crippen LogP contribution in [0.3, 0.4) is 0 Å². The SMILES string of the molecule is COc1cccc2c1S(O)(O)CC2Sc1ccccc1. The van der Waals surface area contributed by atoms with Crippen LogP contribution < -0.4 is 4.74 Å². The number of hydrogen-bond donors (Lipinski definition) is 2. The monoisotopic (exact) mass is 308 g/mol. The molecule has 1 unspecified atom stereocenters. The van der Waals surface area contributed by atoms with E-state index in [1.807, 2.05) is 42.5 Å². The molecule has 2 N–H and O–H groups in total. The quantitative estimate of drug-likeness (QED) is 0.866. The minimum atomic E-state index is -2.76. The summed E-state index contributed by atoms with van der Waals surface area (Å²) in [6.45, 7) is 0. The van der Waals surface area contributed by atoms with Gasteiger partial charge in [-0.25, -0.2) is 0 Å². The van der Waals surface area contributed by atoms with E-state index in [2.05, 4.69) is 0 Å². The summed E-state index contributed by atoms with van der Waals surface area (Å²) in [6.07, 6.45) is 0. The molecule has 1 aliphatic heterocycles. The molecule has 0 saturated carbocycles. The van der Waals surface area contributed by atoms with E-state index in [1.54, 1.807) is 24.9 Å². The van der Waals surface area contributed by atoms with Crippen molar-refractivity contribution in [3.05, 3.63) is 54.1 Å². The van der Waals surface area contributed by atoms with Crippen LogP contribution in [0.5, 0.6) is 5.75 Å². The zero-order valence-electron chi connectivity index (χ0n) is 11.0. The number of benzene rings is 2. The zero-order valence-corrected chi connectivity index (χ0v) is 12.7. The molecular formula is C15H16O3S2. The van der Waals surface area contributed by atoms with Gasteiger partial charge in [-0.1, -0.05) is 30.3 Å². The van der Waals surface area contributed by atoms with Crippen molar-refractivity contribution in [3.8, 4) is 5.75 Å². The third-order valence-corrected chi connectivity index (χ3v) is 6.66. The highest BCUT2D eigenvalue weighted by atomic mass is 32.3. The van der Waals surface area contributed by atoms with E-state index in [4.69, 9.17) is 4.74 Å². The molecule has 0 bridgehead atoms. The summed E-state index contributed by atoms with van der Waals surface area (Å²) in [6, 6.07) is 15.7. The van der Waals surface area contributed by atoms with Gasteiger partial charge in [0.15, 0.2) is 0 Å². The van der Waals surface area contributed by atoms with E-state index in [9.17, 15) is 9.11 Å². The second-order valence-electron chi connectivity index (χ2n) is 4.63. The van der Waals surface area contributed by atoms with Crippen molar-refractivity contribution in [1.29, 1.82) is 0 Å². The van der Waals surface area contributed by atoms with E-state index < -0.39 is 10.6 Å². The van der Waals surface area contributed by atoms with Crippen molar-refractivity contribution in [2.24, 2.45) is 0 Å². The van der Waals surface area contributed by atoms with Gasteiger partial charge in [-0.3, -0.25) is 9.11 Å². The van der Waals surface area contributed by atoms with E-state index >= 15 is 0 Å². The molecule has 3 rings (SSSR count). The molecule has 0 fully saturated rings. The summed E-state index contributed by atoms with van der Waals surface area (Å²) >= 11 is 1.66. The van der Waals surface area contributed by atoms with Crippen molar-refractivity contribution < 1.29 is 13.8 Å². The number of fused-ring (bicyclic) bond motifs is 1. The van der Waals surface area contributed by atoms with Crippen LogP contribution in [0.25, 0.3) is 0 Å². The topological polar surface area (TPSA) is 49.7 Å². The Kier molecular flexibility index (Phi) is 3.69. The van der Waals surface area contributed by atoms with E-state index in [0.717, 1.165) is 10.5 Å². The first-order valence-corrected chi connectivity index (χ1v) is 8.86. The molecule has 2 aromatic rings. The van der Waals surface area contributed by atoms with Gasteiger partial charge in [0.2, 0.25) is 0 Å². The summed E-state index contributed by atoms with van der Waals surface area (Å²) in [7, 11) is -1.21. The van der Waals surface area contributed by atoms with E-state index in [-0.39, 0.29) is 5.25 Å². The van der Waals surface area contributed by atoms with Gasteiger partial charge >= 0.3 is 0 Å². The summed E-state index contributed by atoms with van der Waals surface area (Å²) < 4.78 is 26.0. The molecule has 1 heterocycles. The smallest absolute Gasteiger partial charge is 0.142 e. The van der Waals surface area contributed by atoms with Crippen LogP contribution in [0.2, 0.25) is 0 Å². The van der Waals surface area contributed by atoms with Gasteiger partial charge < -0.3 is 4.74 Å². The van der Waals surface area contributed by atoms with Crippen LogP contribution in [0.15, 0.2) is 58.3 Å². The molecule has 0 amide bonds. The maximum absolute atomic E-state index is 10.4. The zero-order chi connectivity index (χ0) is 14.2. The molecule has 2 aromatic carbocycles. The maximum Gasteiger partial charge on any atom is 0.142 e. The number of thioether (sulfide) groups is 1. The predicted octanol–water partition coefficient (Wildman–Crippen LogP) is 4.65. The summed E-state index contributed by atoms with van der Waals surface area (Å²) in [4.78, 5) is 1.71. The number of ether oxygens (including phenoxy) is 1. The molecule has 0 saturated heterocycles. The van der Waals surface area contributed by atoms with Gasteiger partial charge in [0.1, 0.15) is 10.6 Å². The van der Waals surface area contributed by atoms with Crippen LogP contribution in [0.1, 0.15) is 10.8 Å². The molecule has 106 valence electrons. The number of hydrogen-bond acceptors (Lipinski definition) is 4. The molecule has 0 aliphatic carbocycles. The van der Waals surface area contributed by atoms with Crippen LogP contribution in [-0.2, 0) is 0 Å². The van der Waals surface area contributed by atoms with Gasteiger partial charge in [0, 0.05) is 4.90 Å². The first-order chi connectivity index (χ1) is 9.62. The largest absolute Gasteiger partial charge is 0.495 e. The Labute approximate surface area is 124 Å². The average Bonchev–Trinajstić information content (AvgIpc) is 2.71. The standard InChI is InChI=1S/C15H16O3S2/c1-18-13-9-5-8-12-14(10-20(16,17)15(12)13)19-11-6-3-2-4-7-11/h2-9,14,16-17H,10H2,1H3. The highest BCUT2D eigenvalue weighted by molar-refractivity contribution is 8.25. The second kappa shape index (κ2) is 5.33. The molecule has 3 nitrogen and oxygen atoms in total. The Balaban J connectivity index is 1.98. The predicted molar refractivity (Wildman–Crippen MR) is 84.0 cm³/mol. The maximum atomic E-state index is 10.4. The summed E-state index contributed by atoms with van der Waals surface area (Å²) in [5, 5.41) is 0.0486. The lowest BCUT2D eigenvalue weighted by molar-refractivity contribution is 0.398. The number of rotatable bonds is 3. The van der Waals surface area contributed by atoms with Crippen molar-refractivity contribution in [2.75, 3.05) is 12.9 Å². The lowest BCUT2D eigenvalue weighted by Crippen LogP contribution is -1.99. The fourth-order valence-electron chi connectivity index (χ4n) is 2.44. The normalized spacial score (nSPS) is 21.2.